The van der Waals surface area contributed by atoms with Crippen molar-refractivity contribution in [3.8, 4) is 11.1 Å². The van der Waals surface area contributed by atoms with Crippen LogP contribution in [-0.2, 0) is 0 Å². The van der Waals surface area contributed by atoms with Gasteiger partial charge in [0.15, 0.2) is 0 Å². The SMILES string of the molecule is Cc1ccc(-c2[c]cccc2)c(Cl)c1. The molecule has 0 saturated heterocycles. The molecule has 0 saturated carbocycles. The van der Waals surface area contributed by atoms with E-state index >= 15 is 0 Å². The van der Waals surface area contributed by atoms with Gasteiger partial charge in [0.25, 0.3) is 0 Å². The Morgan fingerprint density at radius 2 is 2.00 bits per heavy atom. The molecular formula is C13H10Cl. The predicted octanol–water partition coefficient (Wildman–Crippen LogP) is 4.12. The van der Waals surface area contributed by atoms with E-state index in [9.17, 15) is 0 Å². The minimum absolute atomic E-state index is 0.785. The van der Waals surface area contributed by atoms with Crippen LogP contribution in [0.25, 0.3) is 11.1 Å². The van der Waals surface area contributed by atoms with E-state index in [4.69, 9.17) is 11.6 Å². The first-order chi connectivity index (χ1) is 6.77. The summed E-state index contributed by atoms with van der Waals surface area (Å²) in [4.78, 5) is 0. The topological polar surface area (TPSA) is 0 Å². The third kappa shape index (κ3) is 1.80. The van der Waals surface area contributed by atoms with E-state index in [1.165, 1.54) is 5.56 Å². The molecule has 2 rings (SSSR count). The molecule has 2 aromatic carbocycles. The van der Waals surface area contributed by atoms with Crippen LogP contribution in [0.4, 0.5) is 0 Å². The Morgan fingerprint density at radius 3 is 2.64 bits per heavy atom. The quantitative estimate of drug-likeness (QED) is 0.651. The van der Waals surface area contributed by atoms with Crippen LogP contribution in [0.15, 0.2) is 42.5 Å². The zero-order chi connectivity index (χ0) is 9.97. The molecule has 0 spiro atoms. The minimum atomic E-state index is 0.785. The second-order valence-electron chi connectivity index (χ2n) is 3.26. The highest BCUT2D eigenvalue weighted by Crippen LogP contribution is 2.27. The van der Waals surface area contributed by atoms with Gasteiger partial charge in [-0.3, -0.25) is 0 Å². The van der Waals surface area contributed by atoms with Gasteiger partial charge in [-0.1, -0.05) is 48.0 Å². The number of rotatable bonds is 1. The Labute approximate surface area is 89.2 Å². The Morgan fingerprint density at radius 1 is 1.14 bits per heavy atom. The molecule has 1 heteroatoms. The zero-order valence-corrected chi connectivity index (χ0v) is 8.68. The number of halogens is 1. The fourth-order valence-corrected chi connectivity index (χ4v) is 1.74. The number of hydrogen-bond donors (Lipinski definition) is 0. The lowest BCUT2D eigenvalue weighted by Gasteiger charge is -2.04. The van der Waals surface area contributed by atoms with Gasteiger partial charge in [-0.2, -0.15) is 0 Å². The molecule has 2 aromatic rings. The molecule has 0 aliphatic rings. The zero-order valence-electron chi connectivity index (χ0n) is 7.92. The maximum absolute atomic E-state index is 6.14. The first-order valence-electron chi connectivity index (χ1n) is 4.50. The first-order valence-corrected chi connectivity index (χ1v) is 4.88. The van der Waals surface area contributed by atoms with Crippen LogP contribution in [0.3, 0.4) is 0 Å². The van der Waals surface area contributed by atoms with Gasteiger partial charge in [0.2, 0.25) is 0 Å². The third-order valence-corrected chi connectivity index (χ3v) is 2.44. The van der Waals surface area contributed by atoms with Crippen molar-refractivity contribution in [3.05, 3.63) is 59.1 Å². The highest BCUT2D eigenvalue weighted by atomic mass is 35.5. The molecule has 0 aromatic heterocycles. The standard InChI is InChI=1S/C13H10Cl/c1-10-7-8-12(13(14)9-10)11-5-3-2-4-6-11/h2-5,7-9H,1H3. The maximum atomic E-state index is 6.14. The van der Waals surface area contributed by atoms with E-state index in [1.807, 2.05) is 43.3 Å². The highest BCUT2D eigenvalue weighted by Gasteiger charge is 2.02. The van der Waals surface area contributed by atoms with Crippen LogP contribution in [0.5, 0.6) is 0 Å². The molecule has 0 aliphatic carbocycles. The van der Waals surface area contributed by atoms with Gasteiger partial charge in [0.1, 0.15) is 0 Å². The summed E-state index contributed by atoms with van der Waals surface area (Å²) in [6.07, 6.45) is 0. The van der Waals surface area contributed by atoms with Crippen molar-refractivity contribution in [2.45, 2.75) is 6.92 Å². The predicted molar refractivity (Wildman–Crippen MR) is 60.5 cm³/mol. The van der Waals surface area contributed by atoms with Crippen molar-refractivity contribution in [2.24, 2.45) is 0 Å². The van der Waals surface area contributed by atoms with Crippen LogP contribution in [0.2, 0.25) is 5.02 Å². The van der Waals surface area contributed by atoms with Gasteiger partial charge < -0.3 is 0 Å². The molecular weight excluding hydrogens is 192 g/mol. The summed E-state index contributed by atoms with van der Waals surface area (Å²) in [6.45, 7) is 2.03. The molecule has 0 amide bonds. The van der Waals surface area contributed by atoms with Crippen LogP contribution in [0.1, 0.15) is 5.56 Å². The van der Waals surface area contributed by atoms with Crippen molar-refractivity contribution in [2.75, 3.05) is 0 Å². The molecule has 0 bridgehead atoms. The van der Waals surface area contributed by atoms with Gasteiger partial charge in [0.05, 0.1) is 0 Å². The van der Waals surface area contributed by atoms with E-state index in [0.717, 1.165) is 16.1 Å². The molecule has 0 unspecified atom stereocenters. The second-order valence-corrected chi connectivity index (χ2v) is 3.67. The summed E-state index contributed by atoms with van der Waals surface area (Å²) in [5, 5.41) is 0.785. The largest absolute Gasteiger partial charge is 0.0837 e. The molecule has 1 radical (unpaired) electrons. The van der Waals surface area contributed by atoms with E-state index in [0.29, 0.717) is 0 Å². The van der Waals surface area contributed by atoms with Gasteiger partial charge in [0, 0.05) is 10.6 Å². The minimum Gasteiger partial charge on any atom is -0.0837 e. The Kier molecular flexibility index (Phi) is 2.55. The van der Waals surface area contributed by atoms with Crippen LogP contribution in [0, 0.1) is 13.0 Å². The Hall–Kier alpha value is -1.27. The van der Waals surface area contributed by atoms with Gasteiger partial charge in [-0.15, -0.1) is 0 Å². The van der Waals surface area contributed by atoms with E-state index in [2.05, 4.69) is 12.1 Å². The third-order valence-electron chi connectivity index (χ3n) is 2.12. The van der Waals surface area contributed by atoms with E-state index in [-0.39, 0.29) is 0 Å². The normalized spacial score (nSPS) is 10.1. The molecule has 0 heterocycles. The Balaban J connectivity index is 2.53. The molecule has 0 atom stereocenters. The number of hydrogen-bond acceptors (Lipinski definition) is 0. The molecule has 14 heavy (non-hydrogen) atoms. The van der Waals surface area contributed by atoms with Crippen molar-refractivity contribution < 1.29 is 0 Å². The Bertz CT molecular complexity index is 432. The summed E-state index contributed by atoms with van der Waals surface area (Å²) < 4.78 is 0. The van der Waals surface area contributed by atoms with Crippen LogP contribution >= 0.6 is 11.6 Å². The van der Waals surface area contributed by atoms with Crippen molar-refractivity contribution in [1.82, 2.24) is 0 Å². The monoisotopic (exact) mass is 201 g/mol. The lowest BCUT2D eigenvalue weighted by atomic mass is 10.0. The first kappa shape index (κ1) is 9.29. The number of benzene rings is 2. The lowest BCUT2D eigenvalue weighted by Crippen LogP contribution is -1.80. The van der Waals surface area contributed by atoms with Crippen molar-refractivity contribution in [3.63, 3.8) is 0 Å². The average molecular weight is 202 g/mol. The summed E-state index contributed by atoms with van der Waals surface area (Å²) in [7, 11) is 0. The number of aryl methyl sites for hydroxylation is 1. The fourth-order valence-electron chi connectivity index (χ4n) is 1.40. The molecule has 0 nitrogen and oxygen atoms in total. The summed E-state index contributed by atoms with van der Waals surface area (Å²) >= 11 is 6.14. The molecule has 0 fully saturated rings. The fraction of sp³-hybridized carbons (Fsp3) is 0.0769. The van der Waals surface area contributed by atoms with Crippen LogP contribution in [-0.4, -0.2) is 0 Å². The van der Waals surface area contributed by atoms with Gasteiger partial charge in [-0.25, -0.2) is 0 Å². The summed E-state index contributed by atoms with van der Waals surface area (Å²) in [6, 6.07) is 17.1. The second kappa shape index (κ2) is 3.85. The van der Waals surface area contributed by atoms with E-state index in [1.54, 1.807) is 0 Å². The van der Waals surface area contributed by atoms with Gasteiger partial charge >= 0.3 is 0 Å². The summed E-state index contributed by atoms with van der Waals surface area (Å²) in [5.41, 5.74) is 3.25. The van der Waals surface area contributed by atoms with E-state index < -0.39 is 0 Å². The molecule has 69 valence electrons. The molecule has 0 aliphatic heterocycles. The smallest absolute Gasteiger partial charge is 0.0487 e. The van der Waals surface area contributed by atoms with Crippen molar-refractivity contribution >= 4 is 11.6 Å². The van der Waals surface area contributed by atoms with Crippen LogP contribution < -0.4 is 0 Å². The average Bonchev–Trinajstić information content (AvgIpc) is 2.19. The van der Waals surface area contributed by atoms with Gasteiger partial charge in [-0.05, 0) is 30.2 Å². The highest BCUT2D eigenvalue weighted by molar-refractivity contribution is 6.33. The molecule has 0 N–H and O–H groups in total. The van der Waals surface area contributed by atoms with Crippen molar-refractivity contribution in [1.29, 1.82) is 0 Å². The summed E-state index contributed by atoms with van der Waals surface area (Å²) in [5.74, 6) is 0. The lowest BCUT2D eigenvalue weighted by molar-refractivity contribution is 1.47. The maximum Gasteiger partial charge on any atom is 0.0487 e.